The van der Waals surface area contributed by atoms with Gasteiger partial charge in [0.2, 0.25) is 10.0 Å². The lowest BCUT2D eigenvalue weighted by Gasteiger charge is -2.06. The molecular formula is C19H21NO3S. The molecule has 0 bridgehead atoms. The fraction of sp³-hybridized carbons (Fsp3) is 0.211. The molecule has 1 N–H and O–H groups in total. The molecule has 4 nitrogen and oxygen atoms in total. The zero-order chi connectivity index (χ0) is 17.6. The van der Waals surface area contributed by atoms with E-state index < -0.39 is 10.0 Å². The molecular weight excluding hydrogens is 322 g/mol. The summed E-state index contributed by atoms with van der Waals surface area (Å²) in [5.41, 5.74) is 2.52. The highest BCUT2D eigenvalue weighted by molar-refractivity contribution is 7.89. The molecule has 0 radical (unpaired) electrons. The van der Waals surface area contributed by atoms with E-state index >= 15 is 0 Å². The monoisotopic (exact) mass is 343 g/mol. The Morgan fingerprint density at radius 2 is 1.75 bits per heavy atom. The summed E-state index contributed by atoms with van der Waals surface area (Å²) in [5, 5.41) is 0. The fourth-order valence-electron chi connectivity index (χ4n) is 2.15. The van der Waals surface area contributed by atoms with Gasteiger partial charge in [0, 0.05) is 12.1 Å². The average molecular weight is 343 g/mol. The zero-order valence-electron chi connectivity index (χ0n) is 13.8. The van der Waals surface area contributed by atoms with E-state index in [1.807, 2.05) is 38.1 Å². The van der Waals surface area contributed by atoms with Gasteiger partial charge in [-0.1, -0.05) is 37.3 Å². The van der Waals surface area contributed by atoms with Crippen LogP contribution in [0.1, 0.15) is 34.8 Å². The molecule has 0 aromatic heterocycles. The summed E-state index contributed by atoms with van der Waals surface area (Å²) >= 11 is 0. The number of aryl methyl sites for hydroxylation is 1. The van der Waals surface area contributed by atoms with Crippen molar-refractivity contribution in [1.82, 2.24) is 4.72 Å². The molecule has 24 heavy (non-hydrogen) atoms. The molecule has 0 aliphatic carbocycles. The molecule has 5 heteroatoms. The van der Waals surface area contributed by atoms with Crippen LogP contribution >= 0.6 is 0 Å². The van der Waals surface area contributed by atoms with Crippen molar-refractivity contribution in [2.75, 3.05) is 6.54 Å². The Labute approximate surface area is 143 Å². The SMILES string of the molecule is CCCNS(=O)(=O)c1ccc(C(=O)/C=C/c2ccccc2C)cc1. The number of hydrogen-bond acceptors (Lipinski definition) is 3. The number of rotatable bonds is 7. The number of carbonyl (C=O) groups excluding carboxylic acids is 1. The fourth-order valence-corrected chi connectivity index (χ4v) is 3.29. The second-order valence-corrected chi connectivity index (χ2v) is 7.24. The molecule has 0 saturated carbocycles. The molecule has 126 valence electrons. The highest BCUT2D eigenvalue weighted by Crippen LogP contribution is 2.13. The Kier molecular flexibility index (Phi) is 6.06. The van der Waals surface area contributed by atoms with Crippen LogP contribution in [-0.4, -0.2) is 20.7 Å². The van der Waals surface area contributed by atoms with Gasteiger partial charge in [0.25, 0.3) is 0 Å². The Bertz CT molecular complexity index is 837. The van der Waals surface area contributed by atoms with Crippen LogP contribution in [0, 0.1) is 6.92 Å². The molecule has 0 heterocycles. The van der Waals surface area contributed by atoms with Gasteiger partial charge in [-0.3, -0.25) is 4.79 Å². The Morgan fingerprint density at radius 1 is 1.08 bits per heavy atom. The van der Waals surface area contributed by atoms with E-state index in [0.29, 0.717) is 12.1 Å². The number of ketones is 1. The van der Waals surface area contributed by atoms with E-state index in [-0.39, 0.29) is 10.7 Å². The molecule has 2 aromatic rings. The zero-order valence-corrected chi connectivity index (χ0v) is 14.6. The molecule has 0 fully saturated rings. The minimum absolute atomic E-state index is 0.162. The van der Waals surface area contributed by atoms with E-state index in [9.17, 15) is 13.2 Å². The van der Waals surface area contributed by atoms with Crippen molar-refractivity contribution < 1.29 is 13.2 Å². The summed E-state index contributed by atoms with van der Waals surface area (Å²) in [5.74, 6) is -0.163. The van der Waals surface area contributed by atoms with Crippen LogP contribution in [-0.2, 0) is 10.0 Å². The van der Waals surface area contributed by atoms with Crippen molar-refractivity contribution in [2.24, 2.45) is 0 Å². The van der Waals surface area contributed by atoms with Gasteiger partial charge in [-0.05, 0) is 54.8 Å². The third kappa shape index (κ3) is 4.63. The Morgan fingerprint density at radius 3 is 2.38 bits per heavy atom. The van der Waals surface area contributed by atoms with Crippen molar-refractivity contribution in [1.29, 1.82) is 0 Å². The van der Waals surface area contributed by atoms with Gasteiger partial charge in [0.05, 0.1) is 4.90 Å². The van der Waals surface area contributed by atoms with Crippen LogP contribution in [0.15, 0.2) is 59.5 Å². The van der Waals surface area contributed by atoms with Crippen LogP contribution in [0.4, 0.5) is 0 Å². The first kappa shape index (κ1) is 18.1. The van der Waals surface area contributed by atoms with Gasteiger partial charge in [-0.15, -0.1) is 0 Å². The third-order valence-electron chi connectivity index (χ3n) is 3.59. The summed E-state index contributed by atoms with van der Waals surface area (Å²) in [4.78, 5) is 12.4. The highest BCUT2D eigenvalue weighted by Gasteiger charge is 2.13. The average Bonchev–Trinajstić information content (AvgIpc) is 2.59. The topological polar surface area (TPSA) is 63.2 Å². The minimum atomic E-state index is -3.51. The first-order valence-electron chi connectivity index (χ1n) is 7.82. The molecule has 0 unspecified atom stereocenters. The number of sulfonamides is 1. The van der Waals surface area contributed by atoms with Crippen LogP contribution in [0.3, 0.4) is 0 Å². The normalized spacial score (nSPS) is 11.8. The smallest absolute Gasteiger partial charge is 0.240 e. The summed E-state index contributed by atoms with van der Waals surface area (Å²) < 4.78 is 26.5. The Hall–Kier alpha value is -2.24. The lowest BCUT2D eigenvalue weighted by molar-refractivity contribution is 0.104. The van der Waals surface area contributed by atoms with Gasteiger partial charge in [-0.2, -0.15) is 0 Å². The van der Waals surface area contributed by atoms with Gasteiger partial charge in [-0.25, -0.2) is 13.1 Å². The lowest BCUT2D eigenvalue weighted by Crippen LogP contribution is -2.24. The van der Waals surface area contributed by atoms with Crippen molar-refractivity contribution >= 4 is 21.9 Å². The van der Waals surface area contributed by atoms with E-state index in [0.717, 1.165) is 17.5 Å². The van der Waals surface area contributed by atoms with E-state index in [4.69, 9.17) is 0 Å². The second-order valence-electron chi connectivity index (χ2n) is 5.48. The summed E-state index contributed by atoms with van der Waals surface area (Å²) in [6.45, 7) is 4.26. The maximum atomic E-state index is 12.2. The molecule has 0 spiro atoms. The molecule has 2 aromatic carbocycles. The first-order chi connectivity index (χ1) is 11.4. The van der Waals surface area contributed by atoms with E-state index in [1.54, 1.807) is 6.08 Å². The summed E-state index contributed by atoms with van der Waals surface area (Å²) in [6, 6.07) is 13.7. The van der Waals surface area contributed by atoms with Gasteiger partial charge < -0.3 is 0 Å². The molecule has 0 atom stereocenters. The molecule has 0 aliphatic heterocycles. The third-order valence-corrected chi connectivity index (χ3v) is 5.07. The number of nitrogens with one attached hydrogen (secondary N) is 1. The molecule has 2 rings (SSSR count). The molecule has 0 amide bonds. The highest BCUT2D eigenvalue weighted by atomic mass is 32.2. The molecule has 0 aliphatic rings. The first-order valence-corrected chi connectivity index (χ1v) is 9.30. The van der Waals surface area contributed by atoms with Crippen LogP contribution in [0.5, 0.6) is 0 Å². The van der Waals surface area contributed by atoms with Crippen LogP contribution in [0.2, 0.25) is 0 Å². The lowest BCUT2D eigenvalue weighted by atomic mass is 10.1. The number of allylic oxidation sites excluding steroid dienone is 1. The van der Waals surface area contributed by atoms with Crippen molar-refractivity contribution in [2.45, 2.75) is 25.2 Å². The van der Waals surface area contributed by atoms with Crippen LogP contribution < -0.4 is 4.72 Å². The maximum absolute atomic E-state index is 12.2. The largest absolute Gasteiger partial charge is 0.289 e. The van der Waals surface area contributed by atoms with Gasteiger partial charge >= 0.3 is 0 Å². The number of benzene rings is 2. The molecule has 0 saturated heterocycles. The predicted molar refractivity (Wildman–Crippen MR) is 96.5 cm³/mol. The number of hydrogen-bond donors (Lipinski definition) is 1. The van der Waals surface area contributed by atoms with E-state index in [2.05, 4.69) is 4.72 Å². The van der Waals surface area contributed by atoms with Crippen LogP contribution in [0.25, 0.3) is 6.08 Å². The number of carbonyl (C=O) groups is 1. The quantitative estimate of drug-likeness (QED) is 0.617. The Balaban J connectivity index is 2.13. The van der Waals surface area contributed by atoms with Gasteiger partial charge in [0.1, 0.15) is 0 Å². The predicted octanol–water partition coefficient (Wildman–Crippen LogP) is 3.58. The van der Waals surface area contributed by atoms with E-state index in [1.165, 1.54) is 30.3 Å². The standard InChI is InChI=1S/C19H21NO3S/c1-3-14-20-24(22,23)18-11-8-17(9-12-18)19(21)13-10-16-7-5-4-6-15(16)2/h4-13,20H,3,14H2,1-2H3/b13-10+. The van der Waals surface area contributed by atoms with Gasteiger partial charge in [0.15, 0.2) is 5.78 Å². The maximum Gasteiger partial charge on any atom is 0.240 e. The summed E-state index contributed by atoms with van der Waals surface area (Å²) in [6.07, 6.45) is 3.99. The minimum Gasteiger partial charge on any atom is -0.289 e. The van der Waals surface area contributed by atoms with Crippen molar-refractivity contribution in [3.63, 3.8) is 0 Å². The summed E-state index contributed by atoms with van der Waals surface area (Å²) in [7, 11) is -3.51. The second kappa shape index (κ2) is 8.04. The van der Waals surface area contributed by atoms with Crippen molar-refractivity contribution in [3.8, 4) is 0 Å². The van der Waals surface area contributed by atoms with Crippen molar-refractivity contribution in [3.05, 3.63) is 71.3 Å².